The number of alkyl carbamates (subject to hydrolysis) is 1. The van der Waals surface area contributed by atoms with E-state index in [2.05, 4.69) is 31.8 Å². The molecule has 0 heterocycles. The summed E-state index contributed by atoms with van der Waals surface area (Å²) in [6.07, 6.45) is -0.677. The van der Waals surface area contributed by atoms with E-state index in [1.807, 2.05) is 42.5 Å². The van der Waals surface area contributed by atoms with Crippen molar-refractivity contribution in [3.8, 4) is 0 Å². The highest BCUT2D eigenvalue weighted by molar-refractivity contribution is 9.10. The van der Waals surface area contributed by atoms with E-state index in [0.717, 1.165) is 10.0 Å². The largest absolute Gasteiger partial charge is 0.444 e. The molecule has 2 rings (SSSR count). The summed E-state index contributed by atoms with van der Waals surface area (Å²) in [6, 6.07) is 13.9. The van der Waals surface area contributed by atoms with Crippen LogP contribution in [0.15, 0.2) is 58.1 Å². The molecule has 7 nitrogen and oxygen atoms in total. The number of nitrogens with zero attached hydrogens (tertiary/aromatic N) is 1. The molecule has 1 unspecified atom stereocenters. The first-order valence-corrected chi connectivity index (χ1v) is 9.84. The number of hydrazone groups is 1. The second kappa shape index (κ2) is 9.56. The van der Waals surface area contributed by atoms with Crippen LogP contribution in [0.25, 0.3) is 0 Å². The molecule has 0 aliphatic rings. The van der Waals surface area contributed by atoms with Crippen molar-refractivity contribution in [3.05, 3.63) is 64.1 Å². The fraction of sp³-hybridized carbons (Fsp3) is 0.286. The van der Waals surface area contributed by atoms with Crippen molar-refractivity contribution < 1.29 is 14.3 Å². The van der Waals surface area contributed by atoms with E-state index in [0.29, 0.717) is 17.0 Å². The number of ether oxygens (including phenoxy) is 1. The monoisotopic (exact) mass is 460 g/mol. The fourth-order valence-electron chi connectivity index (χ4n) is 2.37. The third-order valence-electron chi connectivity index (χ3n) is 3.72. The van der Waals surface area contributed by atoms with Gasteiger partial charge < -0.3 is 15.8 Å². The summed E-state index contributed by atoms with van der Waals surface area (Å²) < 4.78 is 5.99. The van der Waals surface area contributed by atoms with Crippen molar-refractivity contribution in [2.75, 3.05) is 5.73 Å². The van der Waals surface area contributed by atoms with E-state index in [-0.39, 0.29) is 0 Å². The molecule has 0 radical (unpaired) electrons. The average molecular weight is 461 g/mol. The van der Waals surface area contributed by atoms with Gasteiger partial charge in [-0.05, 0) is 45.9 Å². The van der Waals surface area contributed by atoms with Crippen molar-refractivity contribution >= 4 is 39.3 Å². The number of nitrogen functional groups attached to an aromatic ring is 1. The SMILES string of the molecule is CC(NC(=O)OC(C)(C)C)C(=O)N/N=C(\c1ccccc1)c1cc(Br)ccc1N. The van der Waals surface area contributed by atoms with Crippen LogP contribution in [0.3, 0.4) is 0 Å². The Morgan fingerprint density at radius 2 is 1.79 bits per heavy atom. The van der Waals surface area contributed by atoms with Crippen molar-refractivity contribution in [2.24, 2.45) is 5.10 Å². The number of nitrogens with two attached hydrogens (primary N) is 1. The predicted octanol–water partition coefficient (Wildman–Crippen LogP) is 3.81. The van der Waals surface area contributed by atoms with Crippen LogP contribution in [-0.2, 0) is 9.53 Å². The molecule has 2 amide bonds. The van der Waals surface area contributed by atoms with Gasteiger partial charge in [-0.15, -0.1) is 0 Å². The molecule has 29 heavy (non-hydrogen) atoms. The van der Waals surface area contributed by atoms with Crippen LogP contribution >= 0.6 is 15.9 Å². The smallest absolute Gasteiger partial charge is 0.408 e. The van der Waals surface area contributed by atoms with E-state index in [9.17, 15) is 9.59 Å². The van der Waals surface area contributed by atoms with Gasteiger partial charge in [0.1, 0.15) is 11.6 Å². The van der Waals surface area contributed by atoms with Crippen molar-refractivity contribution in [1.29, 1.82) is 0 Å². The summed E-state index contributed by atoms with van der Waals surface area (Å²) in [5.41, 5.74) is 10.4. The Kier molecular flexibility index (Phi) is 7.39. The third kappa shape index (κ3) is 6.90. The first-order valence-electron chi connectivity index (χ1n) is 9.04. The van der Waals surface area contributed by atoms with E-state index < -0.39 is 23.6 Å². The quantitative estimate of drug-likeness (QED) is 0.358. The van der Waals surface area contributed by atoms with Crippen LogP contribution in [0.2, 0.25) is 0 Å². The van der Waals surface area contributed by atoms with E-state index in [1.165, 1.54) is 0 Å². The van der Waals surface area contributed by atoms with Gasteiger partial charge in [0, 0.05) is 21.3 Å². The topological polar surface area (TPSA) is 106 Å². The summed E-state index contributed by atoms with van der Waals surface area (Å²) >= 11 is 3.43. The van der Waals surface area contributed by atoms with Gasteiger partial charge in [0.15, 0.2) is 0 Å². The second-order valence-electron chi connectivity index (χ2n) is 7.40. The maximum Gasteiger partial charge on any atom is 0.408 e. The van der Waals surface area contributed by atoms with E-state index >= 15 is 0 Å². The van der Waals surface area contributed by atoms with Gasteiger partial charge in [-0.25, -0.2) is 10.2 Å². The number of benzene rings is 2. The normalized spacial score (nSPS) is 12.8. The van der Waals surface area contributed by atoms with Crippen LogP contribution in [0, 0.1) is 0 Å². The number of rotatable bonds is 5. The van der Waals surface area contributed by atoms with Gasteiger partial charge in [0.25, 0.3) is 5.91 Å². The van der Waals surface area contributed by atoms with E-state index in [1.54, 1.807) is 33.8 Å². The highest BCUT2D eigenvalue weighted by Crippen LogP contribution is 2.22. The molecular weight excluding hydrogens is 436 g/mol. The maximum atomic E-state index is 12.4. The second-order valence-corrected chi connectivity index (χ2v) is 8.32. The van der Waals surface area contributed by atoms with Gasteiger partial charge in [0.2, 0.25) is 0 Å². The van der Waals surface area contributed by atoms with Crippen LogP contribution in [0.4, 0.5) is 10.5 Å². The predicted molar refractivity (Wildman–Crippen MR) is 118 cm³/mol. The lowest BCUT2D eigenvalue weighted by Crippen LogP contribution is -2.45. The summed E-state index contributed by atoms with van der Waals surface area (Å²) in [4.78, 5) is 24.3. The maximum absolute atomic E-state index is 12.4. The van der Waals surface area contributed by atoms with Gasteiger partial charge in [0.05, 0.1) is 5.71 Å². The molecule has 0 fully saturated rings. The number of amides is 2. The Morgan fingerprint density at radius 1 is 1.14 bits per heavy atom. The number of halogens is 1. The Hall–Kier alpha value is -2.87. The molecule has 0 saturated heterocycles. The molecular formula is C21H25BrN4O3. The third-order valence-corrected chi connectivity index (χ3v) is 4.22. The van der Waals surface area contributed by atoms with Crippen molar-refractivity contribution in [1.82, 2.24) is 10.7 Å². The van der Waals surface area contributed by atoms with Gasteiger partial charge in [-0.2, -0.15) is 5.10 Å². The number of carbonyl (C=O) groups is 2. The molecule has 0 aliphatic carbocycles. The van der Waals surface area contributed by atoms with Crippen LogP contribution in [0.5, 0.6) is 0 Å². The Bertz CT molecular complexity index is 908. The minimum Gasteiger partial charge on any atom is -0.444 e. The molecule has 0 aliphatic heterocycles. The number of carbonyl (C=O) groups excluding carboxylic acids is 2. The highest BCUT2D eigenvalue weighted by Gasteiger charge is 2.21. The minimum atomic E-state index is -0.842. The summed E-state index contributed by atoms with van der Waals surface area (Å²) in [6.45, 7) is 6.78. The lowest BCUT2D eigenvalue weighted by molar-refractivity contribution is -0.122. The molecule has 2 aromatic carbocycles. The van der Waals surface area contributed by atoms with E-state index in [4.69, 9.17) is 10.5 Å². The molecule has 8 heteroatoms. The highest BCUT2D eigenvalue weighted by atomic mass is 79.9. The molecule has 0 aromatic heterocycles. The lowest BCUT2D eigenvalue weighted by atomic mass is 10.0. The van der Waals surface area contributed by atoms with Crippen LogP contribution in [-0.4, -0.2) is 29.4 Å². The number of hydrogen-bond acceptors (Lipinski definition) is 5. The van der Waals surface area contributed by atoms with Gasteiger partial charge in [-0.3, -0.25) is 4.79 Å². The molecule has 2 aromatic rings. The Balaban J connectivity index is 2.23. The fourth-order valence-corrected chi connectivity index (χ4v) is 2.73. The van der Waals surface area contributed by atoms with Gasteiger partial charge >= 0.3 is 6.09 Å². The summed E-state index contributed by atoms with van der Waals surface area (Å²) in [5.74, 6) is -0.488. The van der Waals surface area contributed by atoms with Crippen molar-refractivity contribution in [2.45, 2.75) is 39.3 Å². The lowest BCUT2D eigenvalue weighted by Gasteiger charge is -2.21. The first kappa shape index (κ1) is 22.4. The molecule has 0 spiro atoms. The van der Waals surface area contributed by atoms with Gasteiger partial charge in [-0.1, -0.05) is 46.3 Å². The molecule has 1 atom stereocenters. The zero-order chi connectivity index (χ0) is 21.6. The van der Waals surface area contributed by atoms with Crippen LogP contribution < -0.4 is 16.5 Å². The summed E-state index contributed by atoms with van der Waals surface area (Å²) in [7, 11) is 0. The molecule has 0 bridgehead atoms. The summed E-state index contributed by atoms with van der Waals surface area (Å²) in [5, 5.41) is 6.78. The number of anilines is 1. The molecule has 0 saturated carbocycles. The standard InChI is InChI=1S/C21H25BrN4O3/c1-13(24-20(28)29-21(2,3)4)19(27)26-25-18(14-8-6-5-7-9-14)16-12-15(22)10-11-17(16)23/h5-13H,23H2,1-4H3,(H,24,28)(H,26,27)/b25-18+. The number of nitrogens with one attached hydrogen (secondary N) is 2. The first-order chi connectivity index (χ1) is 13.6. The Morgan fingerprint density at radius 3 is 2.41 bits per heavy atom. The average Bonchev–Trinajstić information content (AvgIpc) is 2.63. The molecule has 154 valence electrons. The zero-order valence-corrected chi connectivity index (χ0v) is 18.4. The van der Waals surface area contributed by atoms with Crippen LogP contribution in [0.1, 0.15) is 38.8 Å². The molecule has 4 N–H and O–H groups in total. The zero-order valence-electron chi connectivity index (χ0n) is 16.8. The van der Waals surface area contributed by atoms with Crippen molar-refractivity contribution in [3.63, 3.8) is 0 Å². The Labute approximate surface area is 178 Å². The number of hydrogen-bond donors (Lipinski definition) is 3. The minimum absolute atomic E-state index is 0.488.